The fourth-order valence-electron chi connectivity index (χ4n) is 4.76. The minimum Gasteiger partial charge on any atom is -0.489 e. The van der Waals surface area contributed by atoms with Gasteiger partial charge in [-0.2, -0.15) is 26.3 Å². The minimum absolute atomic E-state index is 0.0192. The summed E-state index contributed by atoms with van der Waals surface area (Å²) < 4.78 is 93.3. The molecule has 1 fully saturated rings. The first kappa shape index (κ1) is 33.9. The van der Waals surface area contributed by atoms with Gasteiger partial charge in [0.15, 0.2) is 5.71 Å². The van der Waals surface area contributed by atoms with Gasteiger partial charge in [0.1, 0.15) is 23.8 Å². The zero-order valence-electron chi connectivity index (χ0n) is 24.7. The highest BCUT2D eigenvalue weighted by Crippen LogP contribution is 2.34. The van der Waals surface area contributed by atoms with E-state index in [1.165, 1.54) is 49.3 Å². The molecular formula is C32H30F6N4O4. The van der Waals surface area contributed by atoms with Crippen molar-refractivity contribution in [3.8, 4) is 5.75 Å². The molecule has 46 heavy (non-hydrogen) atoms. The summed E-state index contributed by atoms with van der Waals surface area (Å²) in [7, 11) is 1.20. The number of carbonyl (C=O) groups excluding carboxylic acids is 2. The summed E-state index contributed by atoms with van der Waals surface area (Å²) in [5.74, 6) is -2.27. The summed E-state index contributed by atoms with van der Waals surface area (Å²) in [5.41, 5.74) is -2.51. The van der Waals surface area contributed by atoms with E-state index in [-0.39, 0.29) is 48.9 Å². The fraction of sp³-hybridized carbons (Fsp3) is 0.281. The SMILES string of the molecule is COC(=O)c1ccc(C(C)NC(=O)/C(C(=N)C(F)(F)F)=C2/NCCN2Cc2cc(OCc3ccccc3)cc(C(F)(F)F)c2)cc1. The molecule has 14 heteroatoms. The van der Waals surface area contributed by atoms with Crippen molar-refractivity contribution >= 4 is 17.6 Å². The van der Waals surface area contributed by atoms with Crippen molar-refractivity contribution < 1.29 is 45.4 Å². The van der Waals surface area contributed by atoms with Crippen LogP contribution in [0, 0.1) is 5.41 Å². The summed E-state index contributed by atoms with van der Waals surface area (Å²) in [5, 5.41) is 13.0. The van der Waals surface area contributed by atoms with Gasteiger partial charge in [-0.05, 0) is 53.9 Å². The first-order valence-electron chi connectivity index (χ1n) is 13.9. The second-order valence-electron chi connectivity index (χ2n) is 10.4. The predicted octanol–water partition coefficient (Wildman–Crippen LogP) is 6.15. The minimum atomic E-state index is -5.21. The predicted molar refractivity (Wildman–Crippen MR) is 156 cm³/mol. The van der Waals surface area contributed by atoms with E-state index in [1.807, 2.05) is 0 Å². The second-order valence-corrected chi connectivity index (χ2v) is 10.4. The Balaban J connectivity index is 1.64. The molecule has 3 aromatic rings. The van der Waals surface area contributed by atoms with Gasteiger partial charge >= 0.3 is 18.3 Å². The Bertz CT molecular complexity index is 1610. The van der Waals surface area contributed by atoms with Gasteiger partial charge in [0.2, 0.25) is 0 Å². The fourth-order valence-corrected chi connectivity index (χ4v) is 4.76. The number of nitrogens with one attached hydrogen (secondary N) is 3. The molecule has 1 aliphatic rings. The van der Waals surface area contributed by atoms with Crippen LogP contribution in [0.4, 0.5) is 26.3 Å². The number of ether oxygens (including phenoxy) is 2. The molecule has 1 aliphatic heterocycles. The van der Waals surface area contributed by atoms with Crippen LogP contribution in [0.25, 0.3) is 0 Å². The molecule has 8 nitrogen and oxygen atoms in total. The van der Waals surface area contributed by atoms with E-state index >= 15 is 0 Å². The van der Waals surface area contributed by atoms with Crippen LogP contribution in [0.5, 0.6) is 5.75 Å². The molecule has 0 aliphatic carbocycles. The second kappa shape index (κ2) is 14.0. The molecule has 0 saturated carbocycles. The van der Waals surface area contributed by atoms with Gasteiger partial charge in [0.25, 0.3) is 5.91 Å². The van der Waals surface area contributed by atoms with Crippen molar-refractivity contribution in [2.75, 3.05) is 20.2 Å². The number of halogens is 6. The Morgan fingerprint density at radius 2 is 1.65 bits per heavy atom. The third-order valence-electron chi connectivity index (χ3n) is 7.08. The van der Waals surface area contributed by atoms with Crippen molar-refractivity contribution in [3.05, 3.63) is 112 Å². The highest BCUT2D eigenvalue weighted by Gasteiger charge is 2.42. The topological polar surface area (TPSA) is 104 Å². The van der Waals surface area contributed by atoms with Gasteiger partial charge in [-0.1, -0.05) is 42.5 Å². The number of hydrogen-bond donors (Lipinski definition) is 3. The molecule has 0 radical (unpaired) electrons. The largest absolute Gasteiger partial charge is 0.489 e. The number of nitrogens with zero attached hydrogens (tertiary/aromatic N) is 1. The van der Waals surface area contributed by atoms with Gasteiger partial charge < -0.3 is 25.0 Å². The van der Waals surface area contributed by atoms with Gasteiger partial charge in [-0.25, -0.2) is 4.79 Å². The Morgan fingerprint density at radius 3 is 2.26 bits per heavy atom. The van der Waals surface area contributed by atoms with Crippen LogP contribution in [0.2, 0.25) is 0 Å². The monoisotopic (exact) mass is 648 g/mol. The summed E-state index contributed by atoms with van der Waals surface area (Å²) in [6.45, 7) is 1.27. The normalized spacial score (nSPS) is 15.1. The Morgan fingerprint density at radius 1 is 0.978 bits per heavy atom. The third-order valence-corrected chi connectivity index (χ3v) is 7.08. The van der Waals surface area contributed by atoms with E-state index < -0.39 is 47.1 Å². The first-order valence-corrected chi connectivity index (χ1v) is 13.9. The third kappa shape index (κ3) is 8.37. The molecule has 3 N–H and O–H groups in total. The number of benzene rings is 3. The van der Waals surface area contributed by atoms with E-state index in [9.17, 15) is 35.9 Å². The molecule has 1 amide bonds. The summed E-state index contributed by atoms with van der Waals surface area (Å²) in [4.78, 5) is 26.4. The molecule has 3 aromatic carbocycles. The van der Waals surface area contributed by atoms with Crippen molar-refractivity contribution in [2.45, 2.75) is 38.5 Å². The lowest BCUT2D eigenvalue weighted by Gasteiger charge is -2.25. The van der Waals surface area contributed by atoms with E-state index in [1.54, 1.807) is 30.3 Å². The Kier molecular flexibility index (Phi) is 10.3. The molecule has 0 bridgehead atoms. The first-order chi connectivity index (χ1) is 21.7. The van der Waals surface area contributed by atoms with Crippen LogP contribution in [0.1, 0.15) is 45.6 Å². The smallest absolute Gasteiger partial charge is 0.433 e. The van der Waals surface area contributed by atoms with Crippen LogP contribution in [-0.4, -0.2) is 48.9 Å². The molecule has 1 atom stereocenters. The number of amides is 1. The van der Waals surface area contributed by atoms with Crippen LogP contribution in [0.15, 0.2) is 84.2 Å². The van der Waals surface area contributed by atoms with Gasteiger partial charge in [-0.15, -0.1) is 0 Å². The van der Waals surface area contributed by atoms with E-state index in [0.717, 1.165) is 12.1 Å². The van der Waals surface area contributed by atoms with Crippen molar-refractivity contribution in [2.24, 2.45) is 0 Å². The highest BCUT2D eigenvalue weighted by atomic mass is 19.4. The van der Waals surface area contributed by atoms with Crippen LogP contribution < -0.4 is 15.4 Å². The molecule has 1 unspecified atom stereocenters. The van der Waals surface area contributed by atoms with Gasteiger partial charge in [-0.3, -0.25) is 10.2 Å². The summed E-state index contributed by atoms with van der Waals surface area (Å²) >= 11 is 0. The average molecular weight is 649 g/mol. The number of hydrogen-bond acceptors (Lipinski definition) is 7. The maximum absolute atomic E-state index is 13.9. The van der Waals surface area contributed by atoms with Crippen molar-refractivity contribution in [1.29, 1.82) is 5.41 Å². The molecule has 1 saturated heterocycles. The molecule has 0 aromatic heterocycles. The molecular weight excluding hydrogens is 618 g/mol. The lowest BCUT2D eigenvalue weighted by molar-refractivity contribution is -0.137. The van der Waals surface area contributed by atoms with Gasteiger partial charge in [0.05, 0.1) is 24.3 Å². The van der Waals surface area contributed by atoms with Gasteiger partial charge in [0, 0.05) is 19.6 Å². The summed E-state index contributed by atoms with van der Waals surface area (Å²) in [6, 6.07) is 16.8. The van der Waals surface area contributed by atoms with E-state index in [0.29, 0.717) is 11.1 Å². The standard InChI is InChI=1S/C32H30F6N4O4/c1-19(22-8-10-23(11-9-22)30(44)45-2)41-29(43)26(27(39)32(36,37)38)28-40-12-13-42(28)17-21-14-24(31(33,34)35)16-25(15-21)46-18-20-6-4-3-5-7-20/h3-11,14-16,19,39-40H,12-13,17-18H2,1-2H3,(H,41,43)/b28-26-,39-27?. The quantitative estimate of drug-likeness (QED) is 0.106. The van der Waals surface area contributed by atoms with E-state index in [4.69, 9.17) is 10.1 Å². The van der Waals surface area contributed by atoms with Crippen LogP contribution in [-0.2, 0) is 28.9 Å². The Labute approximate surface area is 260 Å². The average Bonchev–Trinajstić information content (AvgIpc) is 3.46. The number of alkyl halides is 6. The lowest BCUT2D eigenvalue weighted by atomic mass is 10.0. The summed E-state index contributed by atoms with van der Waals surface area (Å²) in [6.07, 6.45) is -9.95. The molecule has 4 rings (SSSR count). The molecule has 0 spiro atoms. The van der Waals surface area contributed by atoms with Crippen molar-refractivity contribution in [3.63, 3.8) is 0 Å². The maximum Gasteiger partial charge on any atom is 0.433 e. The highest BCUT2D eigenvalue weighted by molar-refractivity contribution is 6.23. The number of carbonyl (C=O) groups is 2. The van der Waals surface area contributed by atoms with Crippen LogP contribution >= 0.6 is 0 Å². The zero-order valence-corrected chi connectivity index (χ0v) is 24.7. The Hall–Kier alpha value is -5.01. The number of methoxy groups -OCH3 is 1. The molecule has 1 heterocycles. The number of esters is 1. The van der Waals surface area contributed by atoms with Crippen LogP contribution in [0.3, 0.4) is 0 Å². The number of rotatable bonds is 10. The van der Waals surface area contributed by atoms with Crippen molar-refractivity contribution in [1.82, 2.24) is 15.5 Å². The molecule has 244 valence electrons. The maximum atomic E-state index is 13.9. The lowest BCUT2D eigenvalue weighted by Crippen LogP contribution is -2.39. The van der Waals surface area contributed by atoms with E-state index in [2.05, 4.69) is 15.4 Å². The zero-order chi connectivity index (χ0) is 33.6.